The van der Waals surface area contributed by atoms with Gasteiger partial charge in [0.2, 0.25) is 5.78 Å². The van der Waals surface area contributed by atoms with Gasteiger partial charge in [0.1, 0.15) is 22.7 Å². The lowest BCUT2D eigenvalue weighted by atomic mass is 10.2. The molecular formula is C15H9F2N5OS. The van der Waals surface area contributed by atoms with Gasteiger partial charge in [-0.15, -0.1) is 0 Å². The van der Waals surface area contributed by atoms with Crippen LogP contribution in [0.15, 0.2) is 46.7 Å². The first-order valence-electron chi connectivity index (χ1n) is 6.85. The summed E-state index contributed by atoms with van der Waals surface area (Å²) in [4.78, 5) is 25.3. The largest absolute Gasteiger partial charge is 0.270 e. The fraction of sp³-hybridized carbons (Fsp3) is 0.0667. The summed E-state index contributed by atoms with van der Waals surface area (Å²) in [5.41, 5.74) is -0.783. The average Bonchev–Trinajstić information content (AvgIpc) is 3.06. The van der Waals surface area contributed by atoms with Crippen molar-refractivity contribution >= 4 is 28.6 Å². The summed E-state index contributed by atoms with van der Waals surface area (Å²) >= 11 is 1.32. The fourth-order valence-corrected chi connectivity index (χ4v) is 2.87. The molecule has 6 nitrogen and oxygen atoms in total. The van der Waals surface area contributed by atoms with Crippen LogP contribution >= 0.6 is 11.8 Å². The van der Waals surface area contributed by atoms with Crippen molar-refractivity contribution in [1.82, 2.24) is 23.9 Å². The Morgan fingerprint density at radius 2 is 1.92 bits per heavy atom. The molecule has 0 aliphatic carbocycles. The summed E-state index contributed by atoms with van der Waals surface area (Å²) in [5, 5.41) is 0.618. The number of aromatic nitrogens is 5. The molecule has 4 aromatic rings. The minimum atomic E-state index is -0.858. The summed E-state index contributed by atoms with van der Waals surface area (Å²) < 4.78 is 30.8. The van der Waals surface area contributed by atoms with Gasteiger partial charge >= 0.3 is 0 Å². The first-order valence-corrected chi connectivity index (χ1v) is 8.07. The van der Waals surface area contributed by atoms with Gasteiger partial charge in [0.25, 0.3) is 5.56 Å². The topological polar surface area (TPSA) is 65.1 Å². The number of fused-ring (bicyclic) bond motifs is 3. The van der Waals surface area contributed by atoms with Crippen LogP contribution in [0.1, 0.15) is 0 Å². The maximum absolute atomic E-state index is 14.2. The van der Waals surface area contributed by atoms with E-state index in [4.69, 9.17) is 0 Å². The molecule has 24 heavy (non-hydrogen) atoms. The Hall–Kier alpha value is -2.81. The van der Waals surface area contributed by atoms with Crippen molar-refractivity contribution in [1.29, 1.82) is 0 Å². The monoisotopic (exact) mass is 345 g/mol. The second kappa shape index (κ2) is 5.38. The SMILES string of the molecule is CSc1ncc2c(=O)n(-c3c(F)cccc3F)c3nccn3c2n1. The van der Waals surface area contributed by atoms with E-state index in [1.807, 2.05) is 6.26 Å². The lowest BCUT2D eigenvalue weighted by Crippen LogP contribution is -2.24. The highest BCUT2D eigenvalue weighted by molar-refractivity contribution is 7.98. The van der Waals surface area contributed by atoms with E-state index in [2.05, 4.69) is 15.0 Å². The van der Waals surface area contributed by atoms with Crippen LogP contribution in [0.2, 0.25) is 0 Å². The molecule has 0 atom stereocenters. The average molecular weight is 345 g/mol. The number of para-hydroxylation sites is 1. The lowest BCUT2D eigenvalue weighted by molar-refractivity contribution is 0.568. The molecule has 0 spiro atoms. The quantitative estimate of drug-likeness (QED) is 0.412. The van der Waals surface area contributed by atoms with Crippen LogP contribution in [0, 0.1) is 11.6 Å². The lowest BCUT2D eigenvalue weighted by Gasteiger charge is -2.12. The van der Waals surface area contributed by atoms with Gasteiger partial charge < -0.3 is 0 Å². The normalized spacial score (nSPS) is 11.5. The predicted octanol–water partition coefficient (Wildman–Crippen LogP) is 2.43. The number of rotatable bonds is 2. The van der Waals surface area contributed by atoms with E-state index < -0.39 is 22.9 Å². The van der Waals surface area contributed by atoms with E-state index in [1.165, 1.54) is 34.6 Å². The number of hydrogen-bond donors (Lipinski definition) is 0. The molecule has 1 aromatic carbocycles. The zero-order chi connectivity index (χ0) is 16.8. The highest BCUT2D eigenvalue weighted by atomic mass is 32.2. The minimum Gasteiger partial charge on any atom is -0.268 e. The van der Waals surface area contributed by atoms with Crippen molar-refractivity contribution in [2.24, 2.45) is 0 Å². The maximum Gasteiger partial charge on any atom is 0.270 e. The van der Waals surface area contributed by atoms with Crippen LogP contribution in [0.4, 0.5) is 8.78 Å². The molecule has 0 bridgehead atoms. The van der Waals surface area contributed by atoms with Crippen LogP contribution in [0.25, 0.3) is 22.5 Å². The summed E-state index contributed by atoms with van der Waals surface area (Å²) in [6.45, 7) is 0. The van der Waals surface area contributed by atoms with Gasteiger partial charge in [0, 0.05) is 18.6 Å². The molecule has 0 radical (unpaired) electrons. The predicted molar refractivity (Wildman–Crippen MR) is 85.6 cm³/mol. The number of imidazole rings is 1. The van der Waals surface area contributed by atoms with E-state index in [0.29, 0.717) is 10.8 Å². The van der Waals surface area contributed by atoms with Gasteiger partial charge in [-0.05, 0) is 18.4 Å². The number of hydrogen-bond acceptors (Lipinski definition) is 5. The molecule has 0 aliphatic heterocycles. The second-order valence-electron chi connectivity index (χ2n) is 4.90. The maximum atomic E-state index is 14.2. The molecule has 4 rings (SSSR count). The Labute approximate surface area is 137 Å². The first-order chi connectivity index (χ1) is 11.6. The van der Waals surface area contributed by atoms with Gasteiger partial charge in [-0.1, -0.05) is 17.8 Å². The molecule has 0 N–H and O–H groups in total. The zero-order valence-electron chi connectivity index (χ0n) is 12.3. The van der Waals surface area contributed by atoms with Crippen molar-refractivity contribution in [2.75, 3.05) is 6.26 Å². The summed E-state index contributed by atoms with van der Waals surface area (Å²) in [5.74, 6) is -1.65. The van der Waals surface area contributed by atoms with Crippen LogP contribution in [0.3, 0.4) is 0 Å². The Bertz CT molecular complexity index is 1130. The molecule has 0 fully saturated rings. The highest BCUT2D eigenvalue weighted by Crippen LogP contribution is 2.21. The third kappa shape index (κ3) is 2.01. The highest BCUT2D eigenvalue weighted by Gasteiger charge is 2.20. The van der Waals surface area contributed by atoms with Crippen molar-refractivity contribution in [3.63, 3.8) is 0 Å². The number of nitrogens with zero attached hydrogens (tertiary/aromatic N) is 5. The van der Waals surface area contributed by atoms with Crippen molar-refractivity contribution in [2.45, 2.75) is 5.16 Å². The van der Waals surface area contributed by atoms with E-state index in [0.717, 1.165) is 16.7 Å². The van der Waals surface area contributed by atoms with Crippen LogP contribution in [-0.4, -0.2) is 30.2 Å². The van der Waals surface area contributed by atoms with Crippen molar-refractivity contribution in [3.05, 3.63) is 58.8 Å². The summed E-state index contributed by atoms with van der Waals surface area (Å²) in [7, 11) is 0. The zero-order valence-corrected chi connectivity index (χ0v) is 13.1. The first kappa shape index (κ1) is 14.8. The van der Waals surface area contributed by atoms with Gasteiger partial charge in [0.05, 0.1) is 0 Å². The summed E-state index contributed by atoms with van der Waals surface area (Å²) in [6.07, 6.45) is 6.17. The smallest absolute Gasteiger partial charge is 0.268 e. The number of halogens is 2. The number of thioether (sulfide) groups is 1. The Kier molecular flexibility index (Phi) is 3.31. The van der Waals surface area contributed by atoms with Crippen LogP contribution in [0.5, 0.6) is 0 Å². The molecule has 0 aliphatic rings. The molecule has 0 unspecified atom stereocenters. The molecule has 9 heteroatoms. The Morgan fingerprint density at radius 1 is 1.17 bits per heavy atom. The minimum absolute atomic E-state index is 0.0715. The van der Waals surface area contributed by atoms with E-state index >= 15 is 0 Å². The third-order valence-corrected chi connectivity index (χ3v) is 4.14. The van der Waals surface area contributed by atoms with Crippen LogP contribution < -0.4 is 5.56 Å². The Morgan fingerprint density at radius 3 is 2.62 bits per heavy atom. The molecule has 0 saturated carbocycles. The molecule has 3 aromatic heterocycles. The van der Waals surface area contributed by atoms with Crippen molar-refractivity contribution in [3.8, 4) is 5.69 Å². The number of benzene rings is 1. The van der Waals surface area contributed by atoms with E-state index in [9.17, 15) is 13.6 Å². The Balaban J connectivity index is 2.23. The molecule has 3 heterocycles. The third-order valence-electron chi connectivity index (χ3n) is 3.57. The van der Waals surface area contributed by atoms with E-state index in [-0.39, 0.29) is 11.2 Å². The fourth-order valence-electron chi connectivity index (χ4n) is 2.53. The molecule has 120 valence electrons. The molecular weight excluding hydrogens is 336 g/mol. The molecule has 0 amide bonds. The van der Waals surface area contributed by atoms with E-state index in [1.54, 1.807) is 6.20 Å². The van der Waals surface area contributed by atoms with Crippen molar-refractivity contribution < 1.29 is 8.78 Å². The van der Waals surface area contributed by atoms with Crippen LogP contribution in [-0.2, 0) is 0 Å². The van der Waals surface area contributed by atoms with Gasteiger partial charge in [-0.3, -0.25) is 9.20 Å². The van der Waals surface area contributed by atoms with Gasteiger partial charge in [-0.2, -0.15) is 0 Å². The van der Waals surface area contributed by atoms with Gasteiger partial charge in [0.15, 0.2) is 10.8 Å². The summed E-state index contributed by atoms with van der Waals surface area (Å²) in [6, 6.07) is 3.40. The second-order valence-corrected chi connectivity index (χ2v) is 5.68. The standard InChI is InChI=1S/C15H9F2N5OS/c1-24-14-19-7-8-12(20-14)21-6-5-18-15(21)22(13(8)23)11-9(16)3-2-4-10(11)17/h2-7H,1H3. The molecule has 0 saturated heterocycles. The van der Waals surface area contributed by atoms with Gasteiger partial charge in [-0.25, -0.2) is 28.3 Å².